The fourth-order valence-electron chi connectivity index (χ4n) is 2.72. The minimum atomic E-state index is 0.130. The summed E-state index contributed by atoms with van der Waals surface area (Å²) in [5, 5.41) is 2.06. The molecule has 1 aromatic carbocycles. The molecular formula is C17H18INO2S. The van der Waals surface area contributed by atoms with Crippen molar-refractivity contribution < 1.29 is 9.53 Å². The van der Waals surface area contributed by atoms with Gasteiger partial charge in [-0.25, -0.2) is 0 Å². The Morgan fingerprint density at radius 2 is 2.00 bits per heavy atom. The number of rotatable bonds is 4. The summed E-state index contributed by atoms with van der Waals surface area (Å²) in [5.74, 6) is 0.130. The molecule has 0 spiro atoms. The van der Waals surface area contributed by atoms with Crippen molar-refractivity contribution in [3.63, 3.8) is 0 Å². The second kappa shape index (κ2) is 7.57. The maximum Gasteiger partial charge on any atom is 0.255 e. The van der Waals surface area contributed by atoms with Crippen LogP contribution in [-0.2, 0) is 11.3 Å². The minimum absolute atomic E-state index is 0.130. The zero-order valence-corrected chi connectivity index (χ0v) is 15.2. The lowest BCUT2D eigenvalue weighted by molar-refractivity contribution is 0.0269. The Labute approximate surface area is 148 Å². The average molecular weight is 427 g/mol. The van der Waals surface area contributed by atoms with E-state index < -0.39 is 0 Å². The van der Waals surface area contributed by atoms with E-state index in [0.29, 0.717) is 6.54 Å². The first-order chi connectivity index (χ1) is 10.8. The normalized spacial score (nSPS) is 15.7. The summed E-state index contributed by atoms with van der Waals surface area (Å²) in [6.07, 6.45) is 1.83. The number of halogens is 1. The number of benzene rings is 1. The van der Waals surface area contributed by atoms with Gasteiger partial charge >= 0.3 is 0 Å². The third-order valence-electron chi connectivity index (χ3n) is 3.90. The molecule has 0 aliphatic carbocycles. The van der Waals surface area contributed by atoms with Crippen molar-refractivity contribution in [2.45, 2.75) is 25.4 Å². The molecule has 22 heavy (non-hydrogen) atoms. The molecule has 1 aliphatic rings. The van der Waals surface area contributed by atoms with E-state index in [0.717, 1.165) is 35.2 Å². The number of carbonyl (C=O) groups is 1. The predicted octanol–water partition coefficient (Wildman–Crippen LogP) is 4.17. The van der Waals surface area contributed by atoms with E-state index in [-0.39, 0.29) is 11.9 Å². The second-order valence-corrected chi connectivity index (χ2v) is 7.53. The Kier molecular flexibility index (Phi) is 5.49. The molecule has 0 N–H and O–H groups in total. The summed E-state index contributed by atoms with van der Waals surface area (Å²) in [4.78, 5) is 16.3. The summed E-state index contributed by atoms with van der Waals surface area (Å²) in [6, 6.07) is 12.2. The zero-order chi connectivity index (χ0) is 15.4. The summed E-state index contributed by atoms with van der Waals surface area (Å²) < 4.78 is 6.47. The van der Waals surface area contributed by atoms with E-state index in [2.05, 4.69) is 34.0 Å². The van der Waals surface area contributed by atoms with E-state index in [1.807, 2.05) is 35.2 Å². The molecule has 0 bridgehead atoms. The Balaban J connectivity index is 1.86. The van der Waals surface area contributed by atoms with Crippen molar-refractivity contribution in [2.24, 2.45) is 0 Å². The molecule has 116 valence electrons. The smallest absolute Gasteiger partial charge is 0.255 e. The molecule has 3 rings (SSSR count). The number of hydrogen-bond acceptors (Lipinski definition) is 3. The van der Waals surface area contributed by atoms with Crippen LogP contribution in [0.5, 0.6) is 0 Å². The molecule has 1 amide bonds. The van der Waals surface area contributed by atoms with Crippen molar-refractivity contribution >= 4 is 39.8 Å². The summed E-state index contributed by atoms with van der Waals surface area (Å²) in [6.45, 7) is 2.17. The molecule has 1 fully saturated rings. The molecule has 5 heteroatoms. The molecule has 0 atom stereocenters. The fraction of sp³-hybridized carbons (Fsp3) is 0.353. The van der Waals surface area contributed by atoms with Gasteiger partial charge in [-0.3, -0.25) is 4.79 Å². The van der Waals surface area contributed by atoms with Gasteiger partial charge in [0.1, 0.15) is 0 Å². The molecular weight excluding hydrogens is 409 g/mol. The molecule has 0 radical (unpaired) electrons. The van der Waals surface area contributed by atoms with Crippen molar-refractivity contribution in [3.8, 4) is 0 Å². The van der Waals surface area contributed by atoms with Crippen molar-refractivity contribution in [2.75, 3.05) is 13.2 Å². The quantitative estimate of drug-likeness (QED) is 0.686. The van der Waals surface area contributed by atoms with E-state index in [9.17, 15) is 4.79 Å². The molecule has 0 saturated carbocycles. The van der Waals surface area contributed by atoms with Crippen LogP contribution in [0.4, 0.5) is 0 Å². The van der Waals surface area contributed by atoms with E-state index in [1.165, 1.54) is 4.88 Å². The average Bonchev–Trinajstić information content (AvgIpc) is 3.06. The highest BCUT2D eigenvalue weighted by Gasteiger charge is 2.27. The largest absolute Gasteiger partial charge is 0.381 e. The van der Waals surface area contributed by atoms with Gasteiger partial charge in [-0.15, -0.1) is 11.3 Å². The van der Waals surface area contributed by atoms with Gasteiger partial charge in [0.15, 0.2) is 0 Å². The highest BCUT2D eigenvalue weighted by Crippen LogP contribution is 2.24. The van der Waals surface area contributed by atoms with Gasteiger partial charge in [0, 0.05) is 27.7 Å². The molecule has 2 heterocycles. The first kappa shape index (κ1) is 16.0. The summed E-state index contributed by atoms with van der Waals surface area (Å²) >= 11 is 3.95. The lowest BCUT2D eigenvalue weighted by atomic mass is 10.0. The number of ether oxygens (including phenoxy) is 1. The molecule has 1 aromatic heterocycles. The van der Waals surface area contributed by atoms with Crippen molar-refractivity contribution in [1.29, 1.82) is 0 Å². The lowest BCUT2D eigenvalue weighted by Crippen LogP contribution is -2.43. The Bertz CT molecular complexity index is 623. The maximum absolute atomic E-state index is 13.1. The SMILES string of the molecule is O=C(c1ccccc1I)N(Cc1cccs1)C1CCOCC1. The Hall–Kier alpha value is -0.920. The highest BCUT2D eigenvalue weighted by molar-refractivity contribution is 14.1. The molecule has 2 aromatic rings. The van der Waals surface area contributed by atoms with Crippen molar-refractivity contribution in [1.82, 2.24) is 4.90 Å². The van der Waals surface area contributed by atoms with Crippen LogP contribution in [0.25, 0.3) is 0 Å². The van der Waals surface area contributed by atoms with Crippen LogP contribution in [0.1, 0.15) is 28.1 Å². The monoisotopic (exact) mass is 427 g/mol. The number of carbonyl (C=O) groups excluding carboxylic acids is 1. The molecule has 1 aliphatic heterocycles. The first-order valence-electron chi connectivity index (χ1n) is 7.41. The van der Waals surface area contributed by atoms with Gasteiger partial charge in [0.2, 0.25) is 0 Å². The van der Waals surface area contributed by atoms with Crippen LogP contribution in [0.15, 0.2) is 41.8 Å². The van der Waals surface area contributed by atoms with Crippen molar-refractivity contribution in [3.05, 3.63) is 55.8 Å². The van der Waals surface area contributed by atoms with Gasteiger partial charge in [-0.05, 0) is 59.0 Å². The topological polar surface area (TPSA) is 29.5 Å². The van der Waals surface area contributed by atoms with Crippen LogP contribution in [0.2, 0.25) is 0 Å². The van der Waals surface area contributed by atoms with Gasteiger partial charge < -0.3 is 9.64 Å². The summed E-state index contributed by atoms with van der Waals surface area (Å²) in [7, 11) is 0. The van der Waals surface area contributed by atoms with Crippen LogP contribution in [0.3, 0.4) is 0 Å². The zero-order valence-electron chi connectivity index (χ0n) is 12.2. The number of hydrogen-bond donors (Lipinski definition) is 0. The highest BCUT2D eigenvalue weighted by atomic mass is 127. The summed E-state index contributed by atoms with van der Waals surface area (Å²) in [5.41, 5.74) is 0.797. The lowest BCUT2D eigenvalue weighted by Gasteiger charge is -2.34. The van der Waals surface area contributed by atoms with E-state index in [4.69, 9.17) is 4.74 Å². The molecule has 3 nitrogen and oxygen atoms in total. The van der Waals surface area contributed by atoms with Crippen LogP contribution in [-0.4, -0.2) is 30.1 Å². The Morgan fingerprint density at radius 3 is 2.68 bits per heavy atom. The van der Waals surface area contributed by atoms with E-state index >= 15 is 0 Å². The number of amides is 1. The first-order valence-corrected chi connectivity index (χ1v) is 9.37. The number of thiophene rings is 1. The molecule has 1 saturated heterocycles. The maximum atomic E-state index is 13.1. The van der Waals surface area contributed by atoms with Gasteiger partial charge in [-0.1, -0.05) is 18.2 Å². The predicted molar refractivity (Wildman–Crippen MR) is 97.2 cm³/mol. The Morgan fingerprint density at radius 1 is 1.23 bits per heavy atom. The standard InChI is InChI=1S/C17H18INO2S/c18-16-6-2-1-5-15(16)17(20)19(12-14-4-3-11-22-14)13-7-9-21-10-8-13/h1-6,11,13H,7-10,12H2. The van der Waals surface area contributed by atoms with Gasteiger partial charge in [-0.2, -0.15) is 0 Å². The van der Waals surface area contributed by atoms with Gasteiger partial charge in [0.25, 0.3) is 5.91 Å². The van der Waals surface area contributed by atoms with Crippen LogP contribution in [0, 0.1) is 3.57 Å². The number of nitrogens with zero attached hydrogens (tertiary/aromatic N) is 1. The van der Waals surface area contributed by atoms with Crippen LogP contribution >= 0.6 is 33.9 Å². The van der Waals surface area contributed by atoms with Crippen LogP contribution < -0.4 is 0 Å². The fourth-order valence-corrected chi connectivity index (χ4v) is 4.04. The third-order valence-corrected chi connectivity index (χ3v) is 5.70. The van der Waals surface area contributed by atoms with Gasteiger partial charge in [0.05, 0.1) is 12.1 Å². The minimum Gasteiger partial charge on any atom is -0.381 e. The molecule has 0 unspecified atom stereocenters. The second-order valence-electron chi connectivity index (χ2n) is 5.34. The third kappa shape index (κ3) is 3.70. The van der Waals surface area contributed by atoms with E-state index in [1.54, 1.807) is 11.3 Å².